The van der Waals surface area contributed by atoms with E-state index in [0.717, 1.165) is 22.8 Å². The molecule has 0 aliphatic carbocycles. The van der Waals surface area contributed by atoms with Gasteiger partial charge in [-0.25, -0.2) is 4.98 Å². The molecule has 4 rings (SSSR count). The number of carbonyl (C=O) groups excluding carboxylic acids is 1. The Balaban J connectivity index is 1.53. The molecule has 1 aliphatic rings. The minimum atomic E-state index is -0.904. The van der Waals surface area contributed by atoms with E-state index >= 15 is 0 Å². The van der Waals surface area contributed by atoms with Crippen molar-refractivity contribution in [2.45, 2.75) is 26.1 Å². The zero-order chi connectivity index (χ0) is 19.7. The Morgan fingerprint density at radius 3 is 2.68 bits per heavy atom. The summed E-state index contributed by atoms with van der Waals surface area (Å²) in [6, 6.07) is 17.1. The number of imidazole rings is 1. The van der Waals surface area contributed by atoms with Gasteiger partial charge in [0.05, 0.1) is 5.60 Å². The summed E-state index contributed by atoms with van der Waals surface area (Å²) < 4.78 is 1.93. The van der Waals surface area contributed by atoms with Gasteiger partial charge in [-0.15, -0.1) is 0 Å². The number of fused-ring (bicyclic) bond motifs is 1. The van der Waals surface area contributed by atoms with E-state index in [-0.39, 0.29) is 5.91 Å². The Morgan fingerprint density at radius 2 is 1.93 bits per heavy atom. The van der Waals surface area contributed by atoms with Crippen molar-refractivity contribution in [1.29, 1.82) is 0 Å². The fraction of sp³-hybridized carbons (Fsp3) is 0.182. The highest BCUT2D eigenvalue weighted by Crippen LogP contribution is 2.27. The van der Waals surface area contributed by atoms with Gasteiger partial charge >= 0.3 is 0 Å². The van der Waals surface area contributed by atoms with Crippen LogP contribution in [0, 0.1) is 0 Å². The van der Waals surface area contributed by atoms with Crippen LogP contribution in [-0.2, 0) is 12.3 Å². The zero-order valence-corrected chi connectivity index (χ0v) is 15.8. The van der Waals surface area contributed by atoms with E-state index in [9.17, 15) is 9.90 Å². The number of aromatic nitrogens is 2. The predicted molar refractivity (Wildman–Crippen MR) is 110 cm³/mol. The summed E-state index contributed by atoms with van der Waals surface area (Å²) in [6.45, 7) is 4.07. The number of anilines is 2. The van der Waals surface area contributed by atoms with Crippen molar-refractivity contribution in [1.82, 2.24) is 9.55 Å². The van der Waals surface area contributed by atoms with Gasteiger partial charge in [-0.1, -0.05) is 30.3 Å². The van der Waals surface area contributed by atoms with Crippen LogP contribution in [0.15, 0.2) is 67.0 Å². The average molecular weight is 374 g/mol. The first-order chi connectivity index (χ1) is 13.4. The van der Waals surface area contributed by atoms with Crippen LogP contribution in [0.25, 0.3) is 6.08 Å². The molecule has 28 heavy (non-hydrogen) atoms. The molecular weight excluding hydrogens is 352 g/mol. The van der Waals surface area contributed by atoms with E-state index in [1.807, 2.05) is 76.3 Å². The molecule has 1 amide bonds. The molecule has 0 spiro atoms. The summed E-state index contributed by atoms with van der Waals surface area (Å²) in [6.07, 6.45) is 5.56. The summed E-state index contributed by atoms with van der Waals surface area (Å²) in [5, 5.41) is 13.1. The third-order valence-corrected chi connectivity index (χ3v) is 4.66. The molecule has 142 valence electrons. The van der Waals surface area contributed by atoms with Gasteiger partial charge in [-0.05, 0) is 49.8 Å². The second-order valence-corrected chi connectivity index (χ2v) is 7.31. The Hall–Kier alpha value is -3.38. The minimum absolute atomic E-state index is 0.239. The lowest BCUT2D eigenvalue weighted by Gasteiger charge is -2.27. The van der Waals surface area contributed by atoms with Crippen molar-refractivity contribution in [3.63, 3.8) is 0 Å². The highest BCUT2D eigenvalue weighted by molar-refractivity contribution is 6.02. The maximum absolute atomic E-state index is 12.5. The smallest absolute Gasteiger partial charge is 0.275 e. The Kier molecular flexibility index (Phi) is 4.49. The number of benzene rings is 2. The molecule has 0 radical (unpaired) electrons. The van der Waals surface area contributed by atoms with Crippen LogP contribution < -0.4 is 10.2 Å². The maximum atomic E-state index is 12.5. The fourth-order valence-corrected chi connectivity index (χ4v) is 3.10. The van der Waals surface area contributed by atoms with Crippen LogP contribution in [0.1, 0.15) is 35.7 Å². The van der Waals surface area contributed by atoms with E-state index in [1.165, 1.54) is 0 Å². The standard InChI is InChI=1S/C22H22N4O2/c1-22(2,28)16-7-6-10-18(13-16)25-12-11-20-24-19(14-26(20)15-25)21(27)23-17-8-4-3-5-9-17/h3-14,28H,15H2,1-2H3,(H,23,27). The van der Waals surface area contributed by atoms with Gasteiger partial charge in [0.1, 0.15) is 18.2 Å². The van der Waals surface area contributed by atoms with Crippen LogP contribution >= 0.6 is 0 Å². The molecule has 0 fully saturated rings. The van der Waals surface area contributed by atoms with E-state index in [2.05, 4.69) is 10.3 Å². The van der Waals surface area contributed by atoms with E-state index < -0.39 is 5.60 Å². The van der Waals surface area contributed by atoms with Crippen LogP contribution in [0.4, 0.5) is 11.4 Å². The average Bonchev–Trinajstić information content (AvgIpc) is 3.12. The third kappa shape index (κ3) is 3.68. The Bertz CT molecular complexity index is 1030. The van der Waals surface area contributed by atoms with E-state index in [1.54, 1.807) is 20.0 Å². The first kappa shape index (κ1) is 18.0. The summed E-state index contributed by atoms with van der Waals surface area (Å²) in [4.78, 5) is 19.0. The second-order valence-electron chi connectivity index (χ2n) is 7.31. The molecule has 0 unspecified atom stereocenters. The highest BCUT2D eigenvalue weighted by Gasteiger charge is 2.20. The summed E-state index contributed by atoms with van der Waals surface area (Å²) >= 11 is 0. The number of carbonyl (C=O) groups is 1. The van der Waals surface area contributed by atoms with Gasteiger partial charge in [0, 0.05) is 23.8 Å². The largest absolute Gasteiger partial charge is 0.386 e. The number of hydrogen-bond acceptors (Lipinski definition) is 4. The SMILES string of the molecule is CC(C)(O)c1cccc(N2C=Cc3nc(C(=O)Nc4ccccc4)cn3C2)c1. The van der Waals surface area contributed by atoms with Crippen LogP contribution in [0.2, 0.25) is 0 Å². The van der Waals surface area contributed by atoms with Crippen molar-refractivity contribution in [2.75, 3.05) is 10.2 Å². The van der Waals surface area contributed by atoms with Gasteiger partial charge < -0.3 is 19.9 Å². The lowest BCUT2D eigenvalue weighted by Crippen LogP contribution is -2.24. The lowest BCUT2D eigenvalue weighted by molar-refractivity contribution is 0.0786. The topological polar surface area (TPSA) is 70.4 Å². The fourth-order valence-electron chi connectivity index (χ4n) is 3.10. The van der Waals surface area contributed by atoms with Crippen molar-refractivity contribution < 1.29 is 9.90 Å². The van der Waals surface area contributed by atoms with Gasteiger partial charge in [0.25, 0.3) is 5.91 Å². The zero-order valence-electron chi connectivity index (χ0n) is 15.8. The van der Waals surface area contributed by atoms with E-state index in [0.29, 0.717) is 12.4 Å². The summed E-state index contributed by atoms with van der Waals surface area (Å²) in [5.41, 5.74) is 2.01. The number of nitrogens with one attached hydrogen (secondary N) is 1. The number of nitrogens with zero attached hydrogens (tertiary/aromatic N) is 3. The molecule has 0 saturated heterocycles. The van der Waals surface area contributed by atoms with Crippen LogP contribution in [0.5, 0.6) is 0 Å². The van der Waals surface area contributed by atoms with Crippen molar-refractivity contribution >= 4 is 23.4 Å². The molecule has 3 aromatic rings. The lowest BCUT2D eigenvalue weighted by atomic mass is 9.98. The number of amides is 1. The molecule has 1 aromatic heterocycles. The number of aliphatic hydroxyl groups is 1. The Labute approximate surface area is 163 Å². The summed E-state index contributed by atoms with van der Waals surface area (Å²) in [7, 11) is 0. The first-order valence-corrected chi connectivity index (χ1v) is 9.11. The summed E-state index contributed by atoms with van der Waals surface area (Å²) in [5.74, 6) is 0.491. The molecule has 0 bridgehead atoms. The molecule has 1 aliphatic heterocycles. The molecule has 2 heterocycles. The second kappa shape index (κ2) is 6.98. The van der Waals surface area contributed by atoms with Gasteiger partial charge in [-0.3, -0.25) is 4.79 Å². The van der Waals surface area contributed by atoms with Crippen LogP contribution in [0.3, 0.4) is 0 Å². The van der Waals surface area contributed by atoms with Crippen molar-refractivity contribution in [3.8, 4) is 0 Å². The molecule has 6 heteroatoms. The number of rotatable bonds is 4. The normalized spacial score (nSPS) is 13.3. The van der Waals surface area contributed by atoms with E-state index in [4.69, 9.17) is 0 Å². The van der Waals surface area contributed by atoms with Gasteiger partial charge in [-0.2, -0.15) is 0 Å². The van der Waals surface area contributed by atoms with Crippen LogP contribution in [-0.4, -0.2) is 20.6 Å². The monoisotopic (exact) mass is 374 g/mol. The molecule has 2 N–H and O–H groups in total. The van der Waals surface area contributed by atoms with Gasteiger partial charge in [0.15, 0.2) is 0 Å². The molecular formula is C22H22N4O2. The minimum Gasteiger partial charge on any atom is -0.386 e. The first-order valence-electron chi connectivity index (χ1n) is 9.11. The van der Waals surface area contributed by atoms with Crippen molar-refractivity contribution in [2.24, 2.45) is 0 Å². The molecule has 2 aromatic carbocycles. The maximum Gasteiger partial charge on any atom is 0.275 e. The quantitative estimate of drug-likeness (QED) is 0.729. The van der Waals surface area contributed by atoms with Crippen molar-refractivity contribution in [3.05, 3.63) is 84.1 Å². The molecule has 0 atom stereocenters. The Morgan fingerprint density at radius 1 is 1.14 bits per heavy atom. The number of para-hydroxylation sites is 1. The third-order valence-electron chi connectivity index (χ3n) is 4.66. The number of hydrogen-bond donors (Lipinski definition) is 2. The molecule has 6 nitrogen and oxygen atoms in total. The highest BCUT2D eigenvalue weighted by atomic mass is 16.3. The van der Waals surface area contributed by atoms with Gasteiger partial charge in [0.2, 0.25) is 0 Å². The predicted octanol–water partition coefficient (Wildman–Crippen LogP) is 3.81. The molecule has 0 saturated carbocycles.